The number of nitrogens with one attached hydrogen (secondary N) is 1. The number of benzene rings is 2. The van der Waals surface area contributed by atoms with Gasteiger partial charge < -0.3 is 14.8 Å². The number of nitrogens with zero attached hydrogens (tertiary/aromatic N) is 2. The molecule has 156 valence electrons. The van der Waals surface area contributed by atoms with Crippen molar-refractivity contribution in [2.45, 2.75) is 17.4 Å². The van der Waals surface area contributed by atoms with E-state index in [4.69, 9.17) is 9.47 Å². The molecule has 1 fully saturated rings. The smallest absolute Gasteiger partial charge is 0.204 e. The maximum absolute atomic E-state index is 12.8. The Balaban J connectivity index is 1.42. The predicted octanol–water partition coefficient (Wildman–Crippen LogP) is 4.48. The van der Waals surface area contributed by atoms with Crippen molar-refractivity contribution in [2.75, 3.05) is 18.5 Å². The van der Waals surface area contributed by atoms with E-state index in [1.807, 2.05) is 29.8 Å². The van der Waals surface area contributed by atoms with Crippen molar-refractivity contribution < 1.29 is 17.9 Å². The van der Waals surface area contributed by atoms with Crippen LogP contribution < -0.4 is 5.32 Å². The first-order valence-electron chi connectivity index (χ1n) is 9.81. The topological polar surface area (TPSA) is 90.4 Å². The molecule has 0 aliphatic carbocycles. The second-order valence-electron chi connectivity index (χ2n) is 7.51. The standard InChI is InChI=1S/C22H17N3O4S2/c26-31(27)11-20(29-14-4-6-28-10-14)16-8-18-15(9-22(16)31)17(3-5-23-18)25-13-1-2-21-19(7-13)24-12-30-21/h1-3,5,7-9,11-12,14H,4,6,10H2,(H,23,25)/t14-/m0/s1. The van der Waals surface area contributed by atoms with Gasteiger partial charge in [-0.05, 0) is 36.4 Å². The molecular weight excluding hydrogens is 434 g/mol. The van der Waals surface area contributed by atoms with Gasteiger partial charge in [-0.3, -0.25) is 4.98 Å². The van der Waals surface area contributed by atoms with Gasteiger partial charge in [0.15, 0.2) is 0 Å². The molecule has 2 aliphatic heterocycles. The molecule has 1 atom stereocenters. The van der Waals surface area contributed by atoms with Gasteiger partial charge in [0.05, 0.1) is 44.8 Å². The summed E-state index contributed by atoms with van der Waals surface area (Å²) < 4.78 is 38.1. The zero-order chi connectivity index (χ0) is 21.0. The molecule has 1 N–H and O–H groups in total. The van der Waals surface area contributed by atoms with Gasteiger partial charge in [0.1, 0.15) is 11.9 Å². The number of rotatable bonds is 4. The number of aromatic nitrogens is 2. The number of ether oxygens (including phenoxy) is 2. The maximum atomic E-state index is 12.8. The second kappa shape index (κ2) is 7.01. The Morgan fingerprint density at radius 2 is 2.06 bits per heavy atom. The Labute approximate surface area is 182 Å². The molecule has 9 heteroatoms. The van der Waals surface area contributed by atoms with Crippen LogP contribution in [0.15, 0.2) is 58.4 Å². The van der Waals surface area contributed by atoms with Crippen molar-refractivity contribution in [1.82, 2.24) is 9.97 Å². The molecular formula is C22H17N3O4S2. The fraction of sp³-hybridized carbons (Fsp3) is 0.182. The lowest BCUT2D eigenvalue weighted by Gasteiger charge is -2.14. The van der Waals surface area contributed by atoms with Crippen LogP contribution >= 0.6 is 11.3 Å². The van der Waals surface area contributed by atoms with E-state index < -0.39 is 9.84 Å². The molecule has 7 nitrogen and oxygen atoms in total. The number of hydrogen-bond acceptors (Lipinski definition) is 8. The van der Waals surface area contributed by atoms with Gasteiger partial charge in [0.25, 0.3) is 0 Å². The van der Waals surface area contributed by atoms with Crippen LogP contribution in [0.1, 0.15) is 12.0 Å². The third-order valence-electron chi connectivity index (χ3n) is 5.47. The zero-order valence-electron chi connectivity index (χ0n) is 16.2. The highest BCUT2D eigenvalue weighted by Crippen LogP contribution is 2.39. The summed E-state index contributed by atoms with van der Waals surface area (Å²) in [6.07, 6.45) is 2.32. The van der Waals surface area contributed by atoms with Crippen molar-refractivity contribution in [3.05, 3.63) is 59.1 Å². The van der Waals surface area contributed by atoms with Crippen LogP contribution in [0.2, 0.25) is 0 Å². The quantitative estimate of drug-likeness (QED) is 0.489. The monoisotopic (exact) mass is 451 g/mol. The maximum Gasteiger partial charge on any atom is 0.204 e. The van der Waals surface area contributed by atoms with Crippen LogP contribution in [-0.2, 0) is 19.3 Å². The molecule has 0 saturated carbocycles. The third-order valence-corrected chi connectivity index (χ3v) is 7.75. The van der Waals surface area contributed by atoms with Gasteiger partial charge in [-0.1, -0.05) is 0 Å². The predicted molar refractivity (Wildman–Crippen MR) is 120 cm³/mol. The number of pyridine rings is 1. The molecule has 1 saturated heterocycles. The summed E-state index contributed by atoms with van der Waals surface area (Å²) in [6, 6.07) is 11.3. The van der Waals surface area contributed by atoms with E-state index in [9.17, 15) is 8.42 Å². The van der Waals surface area contributed by atoms with E-state index in [0.717, 1.165) is 33.4 Å². The van der Waals surface area contributed by atoms with Crippen LogP contribution in [0.4, 0.5) is 11.4 Å². The minimum atomic E-state index is -3.59. The molecule has 0 bridgehead atoms. The lowest BCUT2D eigenvalue weighted by Crippen LogP contribution is -2.10. The summed E-state index contributed by atoms with van der Waals surface area (Å²) in [5, 5.41) is 5.31. The molecule has 0 radical (unpaired) electrons. The van der Waals surface area contributed by atoms with Gasteiger partial charge in [-0.15, -0.1) is 11.3 Å². The number of fused-ring (bicyclic) bond motifs is 3. The number of sulfone groups is 1. The SMILES string of the molecule is O=S1(=O)C=C(O[C@H]2CCOC2)c2cc3nccc(Nc4ccc5scnc5c4)c3cc21. The van der Waals surface area contributed by atoms with Gasteiger partial charge >= 0.3 is 0 Å². The Morgan fingerprint density at radius 3 is 2.94 bits per heavy atom. The van der Waals surface area contributed by atoms with Crippen molar-refractivity contribution in [3.63, 3.8) is 0 Å². The summed E-state index contributed by atoms with van der Waals surface area (Å²) in [5.74, 6) is 0.363. The molecule has 6 rings (SSSR count). The van der Waals surface area contributed by atoms with Crippen LogP contribution in [0, 0.1) is 0 Å². The summed E-state index contributed by atoms with van der Waals surface area (Å²) in [4.78, 5) is 9.06. The highest BCUT2D eigenvalue weighted by molar-refractivity contribution is 7.95. The zero-order valence-corrected chi connectivity index (χ0v) is 17.9. The fourth-order valence-electron chi connectivity index (χ4n) is 3.95. The van der Waals surface area contributed by atoms with Crippen molar-refractivity contribution in [1.29, 1.82) is 0 Å². The Bertz CT molecular complexity index is 1470. The highest BCUT2D eigenvalue weighted by atomic mass is 32.2. The van der Waals surface area contributed by atoms with Crippen LogP contribution in [-0.4, -0.2) is 37.7 Å². The molecule has 0 spiro atoms. The lowest BCUT2D eigenvalue weighted by atomic mass is 10.1. The van der Waals surface area contributed by atoms with E-state index in [1.165, 1.54) is 5.41 Å². The first-order valence-corrected chi connectivity index (χ1v) is 12.2. The number of thiazole rings is 1. The fourth-order valence-corrected chi connectivity index (χ4v) is 5.94. The lowest BCUT2D eigenvalue weighted by molar-refractivity contribution is 0.124. The minimum Gasteiger partial charge on any atom is -0.487 e. The summed E-state index contributed by atoms with van der Waals surface area (Å²) in [7, 11) is -3.59. The van der Waals surface area contributed by atoms with Crippen molar-refractivity contribution >= 4 is 59.4 Å². The number of anilines is 2. The molecule has 0 unspecified atom stereocenters. The van der Waals surface area contributed by atoms with Gasteiger partial charge in [-0.2, -0.15) is 0 Å². The van der Waals surface area contributed by atoms with Crippen LogP contribution in [0.3, 0.4) is 0 Å². The summed E-state index contributed by atoms with van der Waals surface area (Å²) >= 11 is 1.59. The van der Waals surface area contributed by atoms with Gasteiger partial charge in [0.2, 0.25) is 9.84 Å². The average Bonchev–Trinajstić information content (AvgIpc) is 3.48. The summed E-state index contributed by atoms with van der Waals surface area (Å²) in [5.41, 5.74) is 5.61. The Morgan fingerprint density at radius 1 is 1.13 bits per heavy atom. The first-order chi connectivity index (χ1) is 15.1. The van der Waals surface area contributed by atoms with Crippen molar-refractivity contribution in [3.8, 4) is 0 Å². The molecule has 2 aromatic heterocycles. The molecule has 4 heterocycles. The molecule has 2 aromatic carbocycles. The van der Waals surface area contributed by atoms with Gasteiger partial charge in [0, 0.05) is 34.9 Å². The van der Waals surface area contributed by atoms with E-state index in [1.54, 1.807) is 29.7 Å². The number of hydrogen-bond donors (Lipinski definition) is 1. The molecule has 0 amide bonds. The molecule has 31 heavy (non-hydrogen) atoms. The van der Waals surface area contributed by atoms with E-state index in [-0.39, 0.29) is 11.0 Å². The van der Waals surface area contributed by atoms with Crippen molar-refractivity contribution in [2.24, 2.45) is 0 Å². The van der Waals surface area contributed by atoms with Crippen LogP contribution in [0.25, 0.3) is 26.9 Å². The molecule has 4 aromatic rings. The Hall–Kier alpha value is -3.01. The minimum absolute atomic E-state index is 0.135. The third kappa shape index (κ3) is 3.25. The van der Waals surface area contributed by atoms with E-state index in [2.05, 4.69) is 15.3 Å². The normalized spacial score (nSPS) is 19.5. The Kier molecular flexibility index (Phi) is 4.24. The highest BCUT2D eigenvalue weighted by Gasteiger charge is 2.31. The first kappa shape index (κ1) is 18.7. The van der Waals surface area contributed by atoms with Crippen LogP contribution in [0.5, 0.6) is 0 Å². The van der Waals surface area contributed by atoms with E-state index in [0.29, 0.717) is 30.1 Å². The largest absolute Gasteiger partial charge is 0.487 e. The second-order valence-corrected chi connectivity index (χ2v) is 10.2. The molecule has 2 aliphatic rings. The summed E-state index contributed by atoms with van der Waals surface area (Å²) in [6.45, 7) is 1.09. The van der Waals surface area contributed by atoms with Gasteiger partial charge in [-0.25, -0.2) is 13.4 Å². The van der Waals surface area contributed by atoms with E-state index >= 15 is 0 Å². The average molecular weight is 452 g/mol.